The monoisotopic (exact) mass is 262 g/mol. The molecule has 1 heterocycles. The van der Waals surface area contributed by atoms with Crippen LogP contribution in [0.3, 0.4) is 0 Å². The summed E-state index contributed by atoms with van der Waals surface area (Å²) in [7, 11) is 0. The maximum absolute atomic E-state index is 11.7. The van der Waals surface area contributed by atoms with E-state index < -0.39 is 0 Å². The average molecular weight is 262 g/mol. The number of nitrogen functional groups attached to an aromatic ring is 1. The first kappa shape index (κ1) is 13.2. The summed E-state index contributed by atoms with van der Waals surface area (Å²) >= 11 is 0. The SMILES string of the molecule is CCNC(=O)c1ccc(N2CCNC(=O)C2)c(N)c1. The molecule has 6 nitrogen and oxygen atoms in total. The van der Waals surface area contributed by atoms with Crippen molar-refractivity contribution in [3.05, 3.63) is 23.8 Å². The molecular formula is C13H18N4O2. The number of carbonyl (C=O) groups is 2. The number of anilines is 2. The van der Waals surface area contributed by atoms with Crippen molar-refractivity contribution in [2.45, 2.75) is 6.92 Å². The van der Waals surface area contributed by atoms with E-state index in [1.165, 1.54) is 0 Å². The Balaban J connectivity index is 2.19. The lowest BCUT2D eigenvalue weighted by Gasteiger charge is -2.29. The molecule has 6 heteroatoms. The molecule has 1 aliphatic heterocycles. The summed E-state index contributed by atoms with van der Waals surface area (Å²) in [5.74, 6) is -0.157. The van der Waals surface area contributed by atoms with Crippen LogP contribution >= 0.6 is 0 Å². The van der Waals surface area contributed by atoms with E-state index in [4.69, 9.17) is 5.73 Å². The van der Waals surface area contributed by atoms with Crippen LogP contribution in [-0.4, -0.2) is 38.0 Å². The number of piperazine rings is 1. The van der Waals surface area contributed by atoms with Crippen LogP contribution in [-0.2, 0) is 4.79 Å². The third kappa shape index (κ3) is 2.96. The first-order chi connectivity index (χ1) is 9.11. The number of rotatable bonds is 3. The van der Waals surface area contributed by atoms with Crippen LogP contribution in [0.25, 0.3) is 0 Å². The van der Waals surface area contributed by atoms with Crippen LogP contribution in [0.1, 0.15) is 17.3 Å². The van der Waals surface area contributed by atoms with Crippen molar-refractivity contribution in [1.82, 2.24) is 10.6 Å². The van der Waals surface area contributed by atoms with Crippen LogP contribution in [0.4, 0.5) is 11.4 Å². The quantitative estimate of drug-likeness (QED) is 0.667. The molecule has 0 unspecified atom stereocenters. The predicted octanol–water partition coefficient (Wildman–Crippen LogP) is -0.0453. The molecule has 0 radical (unpaired) electrons. The Morgan fingerprint density at radius 1 is 1.53 bits per heavy atom. The van der Waals surface area contributed by atoms with Gasteiger partial charge in [0.15, 0.2) is 0 Å². The van der Waals surface area contributed by atoms with Gasteiger partial charge in [0.1, 0.15) is 0 Å². The van der Waals surface area contributed by atoms with Gasteiger partial charge in [-0.15, -0.1) is 0 Å². The Kier molecular flexibility index (Phi) is 3.89. The minimum Gasteiger partial charge on any atom is -0.397 e. The second kappa shape index (κ2) is 5.60. The second-order valence-electron chi connectivity index (χ2n) is 4.40. The zero-order valence-electron chi connectivity index (χ0n) is 10.9. The van der Waals surface area contributed by atoms with Crippen molar-refractivity contribution in [3.63, 3.8) is 0 Å². The molecule has 1 fully saturated rings. The number of nitrogens with zero attached hydrogens (tertiary/aromatic N) is 1. The molecule has 0 bridgehead atoms. The number of carbonyl (C=O) groups excluding carboxylic acids is 2. The molecule has 1 saturated heterocycles. The summed E-state index contributed by atoms with van der Waals surface area (Å²) in [6, 6.07) is 5.16. The van der Waals surface area contributed by atoms with Gasteiger partial charge in [-0.2, -0.15) is 0 Å². The standard InChI is InChI=1S/C13H18N4O2/c1-2-15-13(19)9-3-4-11(10(14)7-9)17-6-5-16-12(18)8-17/h3-4,7H,2,5-6,8,14H2,1H3,(H,15,19)(H,16,18). The third-order valence-electron chi connectivity index (χ3n) is 3.01. The molecule has 2 amide bonds. The van der Waals surface area contributed by atoms with Crippen molar-refractivity contribution in [1.29, 1.82) is 0 Å². The Labute approximate surface area is 112 Å². The van der Waals surface area contributed by atoms with Crippen LogP contribution in [0.15, 0.2) is 18.2 Å². The number of amides is 2. The summed E-state index contributed by atoms with van der Waals surface area (Å²) < 4.78 is 0. The van der Waals surface area contributed by atoms with Gasteiger partial charge in [-0.1, -0.05) is 0 Å². The van der Waals surface area contributed by atoms with Crippen LogP contribution in [0.5, 0.6) is 0 Å². The minimum absolute atomic E-state index is 0.0153. The number of nitrogens with two attached hydrogens (primary N) is 1. The smallest absolute Gasteiger partial charge is 0.251 e. The molecule has 0 aliphatic carbocycles. The molecule has 0 saturated carbocycles. The molecule has 1 aliphatic rings. The van der Waals surface area contributed by atoms with Crippen molar-refractivity contribution in [2.24, 2.45) is 0 Å². The summed E-state index contributed by atoms with van der Waals surface area (Å²) in [5.41, 5.74) is 7.82. The Morgan fingerprint density at radius 2 is 2.32 bits per heavy atom. The van der Waals surface area contributed by atoms with Gasteiger partial charge in [-0.05, 0) is 25.1 Å². The fourth-order valence-corrected chi connectivity index (χ4v) is 2.09. The maximum Gasteiger partial charge on any atom is 0.251 e. The minimum atomic E-state index is -0.142. The van der Waals surface area contributed by atoms with E-state index >= 15 is 0 Å². The Morgan fingerprint density at radius 3 is 2.95 bits per heavy atom. The third-order valence-corrected chi connectivity index (χ3v) is 3.01. The molecule has 1 aromatic rings. The summed E-state index contributed by atoms with van der Waals surface area (Å²) in [5, 5.41) is 5.48. The molecule has 0 spiro atoms. The fraction of sp³-hybridized carbons (Fsp3) is 0.385. The largest absolute Gasteiger partial charge is 0.397 e. The highest BCUT2D eigenvalue weighted by molar-refractivity contribution is 5.96. The molecule has 0 aromatic heterocycles. The highest BCUT2D eigenvalue weighted by Crippen LogP contribution is 2.24. The summed E-state index contributed by atoms with van der Waals surface area (Å²) in [6.45, 7) is 4.06. The van der Waals surface area contributed by atoms with E-state index in [0.29, 0.717) is 30.9 Å². The van der Waals surface area contributed by atoms with Crippen LogP contribution in [0.2, 0.25) is 0 Å². The predicted molar refractivity (Wildman–Crippen MR) is 74.1 cm³/mol. The zero-order valence-corrected chi connectivity index (χ0v) is 10.9. The van der Waals surface area contributed by atoms with Crippen molar-refractivity contribution >= 4 is 23.2 Å². The molecule has 4 N–H and O–H groups in total. The fourth-order valence-electron chi connectivity index (χ4n) is 2.09. The van der Waals surface area contributed by atoms with Gasteiger partial charge < -0.3 is 21.3 Å². The summed E-state index contributed by atoms with van der Waals surface area (Å²) in [4.78, 5) is 25.0. The number of hydrogen-bond donors (Lipinski definition) is 3. The zero-order chi connectivity index (χ0) is 13.8. The number of nitrogens with one attached hydrogen (secondary N) is 2. The van der Waals surface area contributed by atoms with E-state index in [0.717, 1.165) is 12.2 Å². The van der Waals surface area contributed by atoms with Crippen molar-refractivity contribution in [2.75, 3.05) is 36.8 Å². The highest BCUT2D eigenvalue weighted by Gasteiger charge is 2.19. The van der Waals surface area contributed by atoms with Gasteiger partial charge in [-0.25, -0.2) is 0 Å². The van der Waals surface area contributed by atoms with E-state index in [1.54, 1.807) is 18.2 Å². The van der Waals surface area contributed by atoms with Gasteiger partial charge in [0.05, 0.1) is 17.9 Å². The second-order valence-corrected chi connectivity index (χ2v) is 4.40. The Bertz CT molecular complexity index is 501. The summed E-state index contributed by atoms with van der Waals surface area (Å²) in [6.07, 6.45) is 0. The van der Waals surface area contributed by atoms with E-state index in [2.05, 4.69) is 10.6 Å². The van der Waals surface area contributed by atoms with Crippen molar-refractivity contribution < 1.29 is 9.59 Å². The number of benzene rings is 1. The van der Waals surface area contributed by atoms with Crippen LogP contribution in [0, 0.1) is 0 Å². The normalized spacial score (nSPS) is 15.0. The topological polar surface area (TPSA) is 87.5 Å². The first-order valence-corrected chi connectivity index (χ1v) is 6.31. The molecule has 0 atom stereocenters. The van der Waals surface area contributed by atoms with E-state index in [9.17, 15) is 9.59 Å². The maximum atomic E-state index is 11.7. The van der Waals surface area contributed by atoms with E-state index in [1.807, 2.05) is 11.8 Å². The lowest BCUT2D eigenvalue weighted by atomic mass is 10.1. The van der Waals surface area contributed by atoms with Gasteiger partial charge in [0.25, 0.3) is 5.91 Å². The van der Waals surface area contributed by atoms with Crippen molar-refractivity contribution in [3.8, 4) is 0 Å². The van der Waals surface area contributed by atoms with Gasteiger partial charge in [-0.3, -0.25) is 9.59 Å². The lowest BCUT2D eigenvalue weighted by molar-refractivity contribution is -0.120. The Hall–Kier alpha value is -2.24. The molecule has 1 aromatic carbocycles. The van der Waals surface area contributed by atoms with Gasteiger partial charge in [0, 0.05) is 25.2 Å². The van der Waals surface area contributed by atoms with Gasteiger partial charge >= 0.3 is 0 Å². The average Bonchev–Trinajstić information content (AvgIpc) is 2.38. The van der Waals surface area contributed by atoms with Crippen LogP contribution < -0.4 is 21.3 Å². The first-order valence-electron chi connectivity index (χ1n) is 6.31. The lowest BCUT2D eigenvalue weighted by Crippen LogP contribution is -2.47. The molecule has 19 heavy (non-hydrogen) atoms. The highest BCUT2D eigenvalue weighted by atomic mass is 16.2. The molecule has 2 rings (SSSR count). The molecule has 102 valence electrons. The number of hydrogen-bond acceptors (Lipinski definition) is 4. The van der Waals surface area contributed by atoms with Gasteiger partial charge in [0.2, 0.25) is 5.91 Å². The molecular weight excluding hydrogens is 244 g/mol. The van der Waals surface area contributed by atoms with E-state index in [-0.39, 0.29) is 11.8 Å².